The summed E-state index contributed by atoms with van der Waals surface area (Å²) in [5.74, 6) is 0. The first-order valence-corrected chi connectivity index (χ1v) is 20.6. The van der Waals surface area contributed by atoms with Gasteiger partial charge in [0.2, 0.25) is 0 Å². The van der Waals surface area contributed by atoms with Crippen molar-refractivity contribution in [2.24, 2.45) is 0 Å². The normalized spacial score (nSPS) is 13.3. The topological polar surface area (TPSA) is 101 Å². The number of hydrogen-bond donors (Lipinski definition) is 3. The molecule has 0 aliphatic rings. The minimum absolute atomic E-state index is 0.607. The molecule has 0 aromatic rings. The highest BCUT2D eigenvalue weighted by Crippen LogP contribution is 2.18. The fraction of sp³-hybridized carbons (Fsp3) is 0.975. The Bertz CT molecular complexity index is 530. The Hall–Kier alpha value is -0.360. The summed E-state index contributed by atoms with van der Waals surface area (Å²) in [5.41, 5.74) is -1.61. The molecule has 3 N–H and O–H groups in total. The van der Waals surface area contributed by atoms with E-state index in [-0.39, 0.29) is 0 Å². The van der Waals surface area contributed by atoms with Crippen molar-refractivity contribution < 1.29 is 25.2 Å². The van der Waals surface area contributed by atoms with E-state index < -0.39 is 23.7 Å². The number of hydrogen-bond acceptors (Lipinski definition) is 5. The van der Waals surface area contributed by atoms with Crippen LogP contribution in [0.4, 0.5) is 4.79 Å². The minimum Gasteiger partial charge on any atom is -0.534 e. The van der Waals surface area contributed by atoms with E-state index in [1.807, 2.05) is 0 Å². The molecular weight excluding hydrogens is 596 g/mol. The SMILES string of the molecule is CCCCCCCCCCCCCCCCCCC(O)C(O)C(O)CCCCCCCCCCCCCCCCCC.O=C([O-])Cl. The minimum atomic E-state index is -1.61. The van der Waals surface area contributed by atoms with Crippen LogP contribution in [0, 0.1) is 0 Å². The van der Waals surface area contributed by atoms with Gasteiger partial charge < -0.3 is 25.2 Å². The van der Waals surface area contributed by atoms with Gasteiger partial charge in [-0.25, -0.2) is 0 Å². The summed E-state index contributed by atoms with van der Waals surface area (Å²) in [6.45, 7) is 4.57. The Balaban J connectivity index is 0. The average molecular weight is 677 g/mol. The van der Waals surface area contributed by atoms with Crippen LogP contribution >= 0.6 is 11.6 Å². The summed E-state index contributed by atoms with van der Waals surface area (Å²) in [6, 6.07) is 0. The molecule has 0 saturated carbocycles. The molecule has 46 heavy (non-hydrogen) atoms. The molecule has 0 spiro atoms. The highest BCUT2D eigenvalue weighted by atomic mass is 35.5. The Kier molecular flexibility index (Phi) is 42.4. The van der Waals surface area contributed by atoms with Crippen LogP contribution in [0.1, 0.15) is 232 Å². The van der Waals surface area contributed by atoms with Crippen LogP contribution in [0.5, 0.6) is 0 Å². The molecule has 2 atom stereocenters. The number of aliphatic hydroxyl groups excluding tert-OH is 3. The number of carboxylic acid groups (broad SMARTS) is 1. The molecule has 0 aromatic heterocycles. The third kappa shape index (κ3) is 41.7. The molecule has 0 radical (unpaired) electrons. The van der Waals surface area contributed by atoms with Crippen LogP contribution in [0.15, 0.2) is 0 Å². The van der Waals surface area contributed by atoms with Crippen molar-refractivity contribution in [2.45, 2.75) is 250 Å². The second kappa shape index (κ2) is 40.8. The van der Waals surface area contributed by atoms with Crippen molar-refractivity contribution in [1.29, 1.82) is 0 Å². The summed E-state index contributed by atoms with van der Waals surface area (Å²) in [6.07, 6.45) is 41.4. The number of carbonyl (C=O) groups is 1. The van der Waals surface area contributed by atoms with E-state index in [0.717, 1.165) is 25.7 Å². The van der Waals surface area contributed by atoms with E-state index in [1.165, 1.54) is 180 Å². The van der Waals surface area contributed by atoms with Crippen molar-refractivity contribution in [3.05, 3.63) is 0 Å². The van der Waals surface area contributed by atoms with Crippen molar-refractivity contribution in [3.63, 3.8) is 0 Å². The fourth-order valence-electron chi connectivity index (χ4n) is 6.40. The molecule has 0 amide bonds. The molecule has 0 aliphatic heterocycles. The summed E-state index contributed by atoms with van der Waals surface area (Å²) >= 11 is 4.08. The lowest BCUT2D eigenvalue weighted by Gasteiger charge is -2.23. The Morgan fingerprint density at radius 2 is 0.565 bits per heavy atom. The van der Waals surface area contributed by atoms with E-state index >= 15 is 0 Å². The summed E-state index contributed by atoms with van der Waals surface area (Å²) in [7, 11) is 0. The smallest absolute Gasteiger partial charge is 0.134 e. The van der Waals surface area contributed by atoms with Crippen LogP contribution < -0.4 is 5.11 Å². The van der Waals surface area contributed by atoms with Crippen LogP contribution in [0.2, 0.25) is 0 Å². The van der Waals surface area contributed by atoms with E-state index in [4.69, 9.17) is 9.90 Å². The average Bonchev–Trinajstić information content (AvgIpc) is 3.03. The molecule has 0 saturated heterocycles. The number of carbonyl (C=O) groups excluding carboxylic acids is 1. The molecular formula is C40H80ClO5-. The Morgan fingerprint density at radius 3 is 0.739 bits per heavy atom. The number of aliphatic hydroxyl groups is 3. The van der Waals surface area contributed by atoms with Gasteiger partial charge in [-0.3, -0.25) is 0 Å². The Morgan fingerprint density at radius 1 is 0.413 bits per heavy atom. The van der Waals surface area contributed by atoms with Gasteiger partial charge in [-0.05, 0) is 12.8 Å². The maximum atomic E-state index is 10.3. The van der Waals surface area contributed by atoms with Crippen LogP contribution in [0.3, 0.4) is 0 Å². The van der Waals surface area contributed by atoms with Crippen molar-refractivity contribution in [2.75, 3.05) is 0 Å². The maximum absolute atomic E-state index is 10.3. The Labute approximate surface area is 292 Å². The lowest BCUT2D eigenvalue weighted by atomic mass is 9.97. The van der Waals surface area contributed by atoms with Gasteiger partial charge in [-0.15, -0.1) is 0 Å². The van der Waals surface area contributed by atoms with Crippen molar-refractivity contribution >= 4 is 17.0 Å². The highest BCUT2D eigenvalue weighted by Gasteiger charge is 2.23. The van der Waals surface area contributed by atoms with Crippen molar-refractivity contribution in [1.82, 2.24) is 0 Å². The van der Waals surface area contributed by atoms with Gasteiger partial charge in [0.25, 0.3) is 0 Å². The second-order valence-corrected chi connectivity index (χ2v) is 14.4. The zero-order valence-corrected chi connectivity index (χ0v) is 31.6. The molecule has 0 rings (SSSR count). The van der Waals surface area contributed by atoms with Gasteiger partial charge >= 0.3 is 0 Å². The van der Waals surface area contributed by atoms with E-state index in [0.29, 0.717) is 12.8 Å². The first kappa shape index (κ1) is 47.8. The zero-order valence-electron chi connectivity index (χ0n) is 30.8. The summed E-state index contributed by atoms with van der Waals surface area (Å²) < 4.78 is 0. The number of halogens is 1. The first-order chi connectivity index (χ1) is 22.4. The lowest BCUT2D eigenvalue weighted by molar-refractivity contribution is -0.233. The molecule has 0 aliphatic carbocycles. The summed E-state index contributed by atoms with van der Waals surface area (Å²) in [5, 5.41) is 39.6. The highest BCUT2D eigenvalue weighted by molar-refractivity contribution is 6.59. The molecule has 0 bridgehead atoms. The molecule has 0 fully saturated rings. The quantitative estimate of drug-likeness (QED) is 0.0453. The molecule has 0 aromatic carbocycles. The molecule has 2 unspecified atom stereocenters. The maximum Gasteiger partial charge on any atom is 0.134 e. The van der Waals surface area contributed by atoms with Gasteiger partial charge in [0, 0.05) is 0 Å². The zero-order chi connectivity index (χ0) is 34.4. The monoisotopic (exact) mass is 676 g/mol. The number of unbranched alkanes of at least 4 members (excludes halogenated alkanes) is 30. The van der Waals surface area contributed by atoms with Gasteiger partial charge in [0.1, 0.15) is 11.5 Å². The van der Waals surface area contributed by atoms with Crippen LogP contribution in [-0.4, -0.2) is 39.1 Å². The summed E-state index contributed by atoms with van der Waals surface area (Å²) in [4.78, 5) is 8.65. The predicted octanol–water partition coefficient (Wildman–Crippen LogP) is 11.9. The van der Waals surface area contributed by atoms with Gasteiger partial charge in [-0.2, -0.15) is 0 Å². The number of rotatable bonds is 36. The molecule has 6 heteroatoms. The molecule has 278 valence electrons. The van der Waals surface area contributed by atoms with Gasteiger partial charge in [0.05, 0.1) is 12.2 Å². The predicted molar refractivity (Wildman–Crippen MR) is 198 cm³/mol. The van der Waals surface area contributed by atoms with Crippen LogP contribution in [0.25, 0.3) is 0 Å². The van der Waals surface area contributed by atoms with Crippen molar-refractivity contribution in [3.8, 4) is 0 Å². The third-order valence-corrected chi connectivity index (χ3v) is 9.50. The second-order valence-electron chi connectivity index (χ2n) is 14.0. The largest absolute Gasteiger partial charge is 0.534 e. The van der Waals surface area contributed by atoms with E-state index in [2.05, 4.69) is 25.4 Å². The fourth-order valence-corrected chi connectivity index (χ4v) is 6.40. The molecule has 5 nitrogen and oxygen atoms in total. The van der Waals surface area contributed by atoms with E-state index in [9.17, 15) is 15.3 Å². The lowest BCUT2D eigenvalue weighted by Crippen LogP contribution is -2.37. The van der Waals surface area contributed by atoms with Gasteiger partial charge in [0.15, 0.2) is 0 Å². The molecule has 0 heterocycles. The first-order valence-electron chi connectivity index (χ1n) is 20.3. The third-order valence-electron chi connectivity index (χ3n) is 9.50. The standard InChI is InChI=1S/C39H80O3.CHClO2/c1-3-5-7-9-11-13-15-17-19-21-23-25-27-29-31-33-35-37(40)39(42)38(41)36-34-32-30-28-26-24-22-20-18-16-14-12-10-8-6-4-2;2-1(3)4/h37-42H,3-36H2,1-2H3;(H,3,4)/p-1. The van der Waals surface area contributed by atoms with Gasteiger partial charge in [-0.1, -0.05) is 231 Å². The van der Waals surface area contributed by atoms with E-state index in [1.54, 1.807) is 0 Å². The van der Waals surface area contributed by atoms with Crippen LogP contribution in [-0.2, 0) is 0 Å².